The van der Waals surface area contributed by atoms with Gasteiger partial charge in [0.25, 0.3) is 0 Å². The number of para-hydroxylation sites is 1. The summed E-state index contributed by atoms with van der Waals surface area (Å²) in [5, 5.41) is 8.24. The van der Waals surface area contributed by atoms with Crippen LogP contribution in [0.15, 0.2) is 53.1 Å². The number of ether oxygens (including phenoxy) is 1. The summed E-state index contributed by atoms with van der Waals surface area (Å²) in [6.07, 6.45) is 1.57. The molecule has 1 fully saturated rings. The molecule has 3 aromatic rings. The number of likely N-dealkylation sites (tertiary alicyclic amines) is 1. The summed E-state index contributed by atoms with van der Waals surface area (Å²) in [4.78, 5) is 19.2. The first-order valence-electron chi connectivity index (χ1n) is 10.5. The van der Waals surface area contributed by atoms with Crippen LogP contribution in [-0.2, 0) is 11.3 Å². The fraction of sp³-hybridized carbons (Fsp3) is 0.348. The van der Waals surface area contributed by atoms with Crippen LogP contribution in [0.3, 0.4) is 0 Å². The van der Waals surface area contributed by atoms with Crippen LogP contribution in [0.4, 0.5) is 0 Å². The van der Waals surface area contributed by atoms with Gasteiger partial charge < -0.3 is 14.6 Å². The molecule has 1 aliphatic rings. The van der Waals surface area contributed by atoms with Gasteiger partial charge in [-0.3, -0.25) is 9.69 Å². The van der Waals surface area contributed by atoms with Crippen LogP contribution >= 0.6 is 23.2 Å². The number of aromatic nitrogens is 2. The predicted molar refractivity (Wildman–Crippen MR) is 123 cm³/mol. The van der Waals surface area contributed by atoms with Crippen LogP contribution in [0.25, 0.3) is 11.4 Å². The Kier molecular flexibility index (Phi) is 7.63. The molecule has 0 atom stereocenters. The number of halogens is 2. The lowest BCUT2D eigenvalue weighted by Gasteiger charge is -2.30. The Morgan fingerprint density at radius 2 is 1.88 bits per heavy atom. The maximum atomic E-state index is 12.5. The van der Waals surface area contributed by atoms with E-state index >= 15 is 0 Å². The summed E-state index contributed by atoms with van der Waals surface area (Å²) in [5.41, 5.74) is 0.860. The van der Waals surface area contributed by atoms with Gasteiger partial charge in [0.15, 0.2) is 0 Å². The van der Waals surface area contributed by atoms with E-state index < -0.39 is 0 Å². The molecule has 0 aliphatic carbocycles. The summed E-state index contributed by atoms with van der Waals surface area (Å²) in [5.74, 6) is 1.80. The average molecular weight is 475 g/mol. The molecule has 2 heterocycles. The van der Waals surface area contributed by atoms with Gasteiger partial charge in [-0.05, 0) is 62.3 Å². The summed E-state index contributed by atoms with van der Waals surface area (Å²) in [6.45, 7) is 2.99. The monoisotopic (exact) mass is 474 g/mol. The van der Waals surface area contributed by atoms with Gasteiger partial charge in [0.05, 0.1) is 18.1 Å². The molecule has 0 unspecified atom stereocenters. The second kappa shape index (κ2) is 10.8. The number of hydrogen-bond acceptors (Lipinski definition) is 6. The zero-order valence-corrected chi connectivity index (χ0v) is 19.0. The van der Waals surface area contributed by atoms with E-state index in [0.29, 0.717) is 47.2 Å². The first kappa shape index (κ1) is 22.6. The Labute approximate surface area is 196 Å². The van der Waals surface area contributed by atoms with E-state index in [4.69, 9.17) is 32.5 Å². The highest BCUT2D eigenvalue weighted by atomic mass is 35.5. The molecule has 0 bridgehead atoms. The first-order chi connectivity index (χ1) is 15.6. The number of nitrogens with one attached hydrogen (secondary N) is 1. The van der Waals surface area contributed by atoms with E-state index in [0.717, 1.165) is 31.5 Å². The zero-order valence-electron chi connectivity index (χ0n) is 17.5. The van der Waals surface area contributed by atoms with Crippen molar-refractivity contribution >= 4 is 29.1 Å². The molecule has 1 saturated heterocycles. The van der Waals surface area contributed by atoms with E-state index in [2.05, 4.69) is 20.4 Å². The van der Waals surface area contributed by atoms with Crippen molar-refractivity contribution in [3.63, 3.8) is 0 Å². The fourth-order valence-electron chi connectivity index (χ4n) is 3.62. The predicted octanol–water partition coefficient (Wildman–Crippen LogP) is 4.45. The Morgan fingerprint density at radius 3 is 2.62 bits per heavy atom. The molecule has 1 aliphatic heterocycles. The molecule has 2 aromatic carbocycles. The average Bonchev–Trinajstić information content (AvgIpc) is 3.27. The molecule has 0 radical (unpaired) electrons. The Hall–Kier alpha value is -2.61. The molecule has 0 spiro atoms. The zero-order chi connectivity index (χ0) is 22.3. The number of amides is 1. The molecule has 1 aromatic heterocycles. The highest BCUT2D eigenvalue weighted by molar-refractivity contribution is 6.32. The van der Waals surface area contributed by atoms with Crippen molar-refractivity contribution < 1.29 is 14.1 Å². The highest BCUT2D eigenvalue weighted by Gasteiger charge is 2.25. The van der Waals surface area contributed by atoms with Crippen molar-refractivity contribution in [1.29, 1.82) is 0 Å². The SMILES string of the molecule is O=C(NCCOc1ccccc1Cl)C1CCN(Cc2nc(-c3ccc(Cl)cc3)no2)CC1. The van der Waals surface area contributed by atoms with Gasteiger partial charge in [-0.15, -0.1) is 0 Å². The van der Waals surface area contributed by atoms with Gasteiger partial charge in [-0.1, -0.05) is 40.5 Å². The lowest BCUT2D eigenvalue weighted by molar-refractivity contribution is -0.126. The number of piperidine rings is 1. The van der Waals surface area contributed by atoms with Crippen molar-refractivity contribution in [1.82, 2.24) is 20.4 Å². The topological polar surface area (TPSA) is 80.5 Å². The lowest BCUT2D eigenvalue weighted by atomic mass is 9.96. The lowest BCUT2D eigenvalue weighted by Crippen LogP contribution is -2.41. The highest BCUT2D eigenvalue weighted by Crippen LogP contribution is 2.23. The van der Waals surface area contributed by atoms with Crippen LogP contribution < -0.4 is 10.1 Å². The molecule has 0 saturated carbocycles. The second-order valence-corrected chi connectivity index (χ2v) is 8.48. The largest absolute Gasteiger partial charge is 0.490 e. The smallest absolute Gasteiger partial charge is 0.241 e. The number of hydrogen-bond donors (Lipinski definition) is 1. The van der Waals surface area contributed by atoms with E-state index in [1.54, 1.807) is 18.2 Å². The van der Waals surface area contributed by atoms with Crippen LogP contribution in [0.5, 0.6) is 5.75 Å². The maximum Gasteiger partial charge on any atom is 0.241 e. The maximum absolute atomic E-state index is 12.5. The summed E-state index contributed by atoms with van der Waals surface area (Å²) >= 11 is 12.0. The third kappa shape index (κ3) is 6.00. The summed E-state index contributed by atoms with van der Waals surface area (Å²) in [7, 11) is 0. The van der Waals surface area contributed by atoms with Gasteiger partial charge in [0, 0.05) is 16.5 Å². The number of carbonyl (C=O) groups is 1. The molecular formula is C23H24Cl2N4O3. The Morgan fingerprint density at radius 1 is 1.12 bits per heavy atom. The van der Waals surface area contributed by atoms with Crippen LogP contribution in [0.1, 0.15) is 18.7 Å². The normalized spacial score (nSPS) is 14.9. The minimum atomic E-state index is -0.00104. The van der Waals surface area contributed by atoms with Gasteiger partial charge in [0.2, 0.25) is 17.6 Å². The minimum Gasteiger partial charge on any atom is -0.490 e. The standard InChI is InChI=1S/C23H24Cl2N4O3/c24-18-7-5-16(6-8-18)22-27-21(32-28-22)15-29-12-9-17(10-13-29)23(30)26-11-14-31-20-4-2-1-3-19(20)25/h1-8,17H,9-15H2,(H,26,30). The molecule has 1 N–H and O–H groups in total. The minimum absolute atomic E-state index is 0.00104. The van der Waals surface area contributed by atoms with Crippen LogP contribution in [-0.4, -0.2) is 47.2 Å². The van der Waals surface area contributed by atoms with Crippen LogP contribution in [0, 0.1) is 5.92 Å². The van der Waals surface area contributed by atoms with Crippen molar-refractivity contribution in [2.75, 3.05) is 26.2 Å². The molecule has 9 heteroatoms. The summed E-state index contributed by atoms with van der Waals surface area (Å²) in [6, 6.07) is 14.6. The van der Waals surface area contributed by atoms with E-state index in [9.17, 15) is 4.79 Å². The number of rotatable bonds is 8. The summed E-state index contributed by atoms with van der Waals surface area (Å²) < 4.78 is 11.0. The number of carbonyl (C=O) groups excluding carboxylic acids is 1. The van der Waals surface area contributed by atoms with Crippen molar-refractivity contribution in [2.45, 2.75) is 19.4 Å². The molecular weight excluding hydrogens is 451 g/mol. The van der Waals surface area contributed by atoms with Crippen molar-refractivity contribution in [3.8, 4) is 17.1 Å². The van der Waals surface area contributed by atoms with Gasteiger partial charge in [-0.25, -0.2) is 0 Å². The van der Waals surface area contributed by atoms with Gasteiger partial charge in [-0.2, -0.15) is 4.98 Å². The van der Waals surface area contributed by atoms with Crippen molar-refractivity contribution in [3.05, 3.63) is 64.5 Å². The van der Waals surface area contributed by atoms with Gasteiger partial charge >= 0.3 is 0 Å². The van der Waals surface area contributed by atoms with Crippen molar-refractivity contribution in [2.24, 2.45) is 5.92 Å². The quantitative estimate of drug-likeness (QED) is 0.485. The third-order valence-corrected chi connectivity index (χ3v) is 5.95. The number of nitrogens with zero attached hydrogens (tertiary/aromatic N) is 3. The molecule has 4 rings (SSSR count). The van der Waals surface area contributed by atoms with E-state index in [-0.39, 0.29) is 11.8 Å². The Balaban J connectivity index is 1.17. The Bertz CT molecular complexity index is 1030. The molecule has 168 valence electrons. The van der Waals surface area contributed by atoms with Crippen LogP contribution in [0.2, 0.25) is 10.0 Å². The molecule has 32 heavy (non-hydrogen) atoms. The first-order valence-corrected chi connectivity index (χ1v) is 11.3. The third-order valence-electron chi connectivity index (χ3n) is 5.38. The van der Waals surface area contributed by atoms with E-state index in [1.807, 2.05) is 30.3 Å². The van der Waals surface area contributed by atoms with Gasteiger partial charge in [0.1, 0.15) is 12.4 Å². The second-order valence-electron chi connectivity index (χ2n) is 7.64. The fourth-order valence-corrected chi connectivity index (χ4v) is 3.94. The number of benzene rings is 2. The van der Waals surface area contributed by atoms with E-state index in [1.165, 1.54) is 0 Å². The molecule has 7 nitrogen and oxygen atoms in total. The molecule has 1 amide bonds.